The first-order chi connectivity index (χ1) is 24.2. The highest BCUT2D eigenvalue weighted by molar-refractivity contribution is 6.30. The van der Waals surface area contributed by atoms with Crippen molar-refractivity contribution in [2.45, 2.75) is 59.0 Å². The Hall–Kier alpha value is -5.32. The molecule has 0 saturated carbocycles. The molecule has 0 atom stereocenters. The van der Waals surface area contributed by atoms with Crippen molar-refractivity contribution in [2.24, 2.45) is 0 Å². The van der Waals surface area contributed by atoms with Gasteiger partial charge in [0.2, 0.25) is 5.91 Å². The molecule has 4 aromatic carbocycles. The standard InChI is InChI=1S/C39H38ClN5O5/c1-24-7-17-34(38-37(24)43-50-44-38)42-30-15-8-26(9-16-30)20-31(47)6-4-3-5-19-41-36(48)22-32-25(2)45(35-18-10-27(23-46)21-33(32)35)39(49)28-11-13-29(40)14-12-28/h7-18,21,42,46H,3-6,19-20,22-23H2,1-2H3,(H,41,48). The number of nitrogens with zero attached hydrogens (tertiary/aromatic N) is 3. The summed E-state index contributed by atoms with van der Waals surface area (Å²) < 4.78 is 6.52. The Balaban J connectivity index is 0.963. The Bertz CT molecular complexity index is 2170. The van der Waals surface area contributed by atoms with E-state index in [2.05, 4.69) is 20.9 Å². The van der Waals surface area contributed by atoms with E-state index in [-0.39, 0.29) is 30.6 Å². The fourth-order valence-corrected chi connectivity index (χ4v) is 6.30. The van der Waals surface area contributed by atoms with Crippen molar-refractivity contribution in [1.29, 1.82) is 0 Å². The number of unbranched alkanes of at least 4 members (excludes halogenated alkanes) is 2. The van der Waals surface area contributed by atoms with E-state index in [1.807, 2.05) is 56.3 Å². The van der Waals surface area contributed by atoms with Crippen LogP contribution in [0.4, 0.5) is 11.4 Å². The zero-order chi connectivity index (χ0) is 35.2. The lowest BCUT2D eigenvalue weighted by Crippen LogP contribution is -2.26. The van der Waals surface area contributed by atoms with Crippen LogP contribution in [0.25, 0.3) is 21.9 Å². The van der Waals surface area contributed by atoms with Gasteiger partial charge in [-0.05, 0) is 114 Å². The molecule has 6 aromatic rings. The molecule has 0 aliphatic carbocycles. The summed E-state index contributed by atoms with van der Waals surface area (Å²) in [7, 11) is 0. The van der Waals surface area contributed by atoms with Crippen molar-refractivity contribution in [1.82, 2.24) is 20.2 Å². The maximum atomic E-state index is 13.5. The van der Waals surface area contributed by atoms with Gasteiger partial charge in [0.15, 0.2) is 5.52 Å². The van der Waals surface area contributed by atoms with Crippen LogP contribution >= 0.6 is 11.6 Å². The molecule has 1 amide bonds. The molecule has 2 aromatic heterocycles. The summed E-state index contributed by atoms with van der Waals surface area (Å²) in [5.74, 6) is -0.203. The number of hydrogen-bond donors (Lipinski definition) is 3. The predicted molar refractivity (Wildman–Crippen MR) is 194 cm³/mol. The SMILES string of the molecule is Cc1ccc(Nc2ccc(CC(=O)CCCCCNC(=O)Cc3c(C)n(C(=O)c4ccc(Cl)cc4)c4ccc(CO)cc34)cc2)c2nonc12. The van der Waals surface area contributed by atoms with Crippen LogP contribution in [0.2, 0.25) is 5.02 Å². The summed E-state index contributed by atoms with van der Waals surface area (Å²) >= 11 is 6.03. The molecule has 0 aliphatic heterocycles. The third kappa shape index (κ3) is 7.77. The molecular weight excluding hydrogens is 654 g/mol. The molecule has 256 valence electrons. The molecule has 0 aliphatic rings. The maximum Gasteiger partial charge on any atom is 0.262 e. The van der Waals surface area contributed by atoms with Crippen LogP contribution in [0, 0.1) is 13.8 Å². The molecule has 0 bridgehead atoms. The Morgan fingerprint density at radius 2 is 1.58 bits per heavy atom. The highest BCUT2D eigenvalue weighted by Crippen LogP contribution is 2.30. The molecule has 0 unspecified atom stereocenters. The molecular formula is C39H38ClN5O5. The fourth-order valence-electron chi connectivity index (χ4n) is 6.18. The van der Waals surface area contributed by atoms with Crippen molar-refractivity contribution in [3.8, 4) is 0 Å². The quantitative estimate of drug-likeness (QED) is 0.100. The number of aromatic nitrogens is 3. The summed E-state index contributed by atoms with van der Waals surface area (Å²) in [6, 6.07) is 23.8. The van der Waals surface area contributed by atoms with E-state index in [0.717, 1.165) is 58.2 Å². The van der Waals surface area contributed by atoms with Crippen molar-refractivity contribution in [2.75, 3.05) is 11.9 Å². The van der Waals surface area contributed by atoms with Gasteiger partial charge >= 0.3 is 0 Å². The zero-order valence-electron chi connectivity index (χ0n) is 28.0. The number of carbonyl (C=O) groups excluding carboxylic acids is 3. The number of Topliss-reactive ketones (excluding diaryl/α,β-unsaturated/α-hetero) is 1. The number of hydrogen-bond acceptors (Lipinski definition) is 8. The summed E-state index contributed by atoms with van der Waals surface area (Å²) in [5, 5.41) is 25.3. The zero-order valence-corrected chi connectivity index (χ0v) is 28.7. The second kappa shape index (κ2) is 15.5. The molecule has 10 nitrogen and oxygen atoms in total. The lowest BCUT2D eigenvalue weighted by Gasteiger charge is -2.09. The maximum absolute atomic E-state index is 13.5. The summed E-state index contributed by atoms with van der Waals surface area (Å²) in [5.41, 5.74) is 8.26. The number of aliphatic hydroxyl groups excluding tert-OH is 1. The van der Waals surface area contributed by atoms with Gasteiger partial charge in [0.05, 0.1) is 24.2 Å². The van der Waals surface area contributed by atoms with Gasteiger partial charge < -0.3 is 15.7 Å². The van der Waals surface area contributed by atoms with E-state index >= 15 is 0 Å². The molecule has 2 heterocycles. The lowest BCUT2D eigenvalue weighted by atomic mass is 10.0. The normalized spacial score (nSPS) is 11.3. The van der Waals surface area contributed by atoms with E-state index < -0.39 is 0 Å². The van der Waals surface area contributed by atoms with Gasteiger partial charge in [-0.2, -0.15) is 0 Å². The number of aryl methyl sites for hydroxylation is 1. The van der Waals surface area contributed by atoms with E-state index in [1.54, 1.807) is 41.0 Å². The van der Waals surface area contributed by atoms with Crippen LogP contribution in [-0.4, -0.2) is 44.1 Å². The van der Waals surface area contributed by atoms with E-state index in [4.69, 9.17) is 16.2 Å². The van der Waals surface area contributed by atoms with Gasteiger partial charge in [0, 0.05) is 46.7 Å². The third-order valence-corrected chi connectivity index (χ3v) is 9.17. The minimum atomic E-state index is -0.221. The molecule has 0 saturated heterocycles. The number of fused-ring (bicyclic) bond motifs is 2. The van der Waals surface area contributed by atoms with Crippen LogP contribution in [0.5, 0.6) is 0 Å². The van der Waals surface area contributed by atoms with E-state index in [0.29, 0.717) is 52.3 Å². The predicted octanol–water partition coefficient (Wildman–Crippen LogP) is 7.40. The largest absolute Gasteiger partial charge is 0.392 e. The van der Waals surface area contributed by atoms with Crippen LogP contribution in [-0.2, 0) is 29.0 Å². The summed E-state index contributed by atoms with van der Waals surface area (Å²) in [6.45, 7) is 4.12. The average molecular weight is 692 g/mol. The molecule has 50 heavy (non-hydrogen) atoms. The monoisotopic (exact) mass is 691 g/mol. The Morgan fingerprint density at radius 1 is 0.840 bits per heavy atom. The third-order valence-electron chi connectivity index (χ3n) is 8.92. The second-order valence-electron chi connectivity index (χ2n) is 12.5. The number of halogens is 1. The first-order valence-corrected chi connectivity index (χ1v) is 17.0. The first-order valence-electron chi connectivity index (χ1n) is 16.6. The number of ketones is 1. The number of nitrogens with one attached hydrogen (secondary N) is 2. The van der Waals surface area contributed by atoms with E-state index in [1.165, 1.54) is 0 Å². The first kappa shape index (κ1) is 34.5. The molecule has 0 radical (unpaired) electrons. The van der Waals surface area contributed by atoms with Gasteiger partial charge in [-0.3, -0.25) is 19.0 Å². The van der Waals surface area contributed by atoms with Gasteiger partial charge in [-0.1, -0.05) is 42.3 Å². The van der Waals surface area contributed by atoms with Crippen molar-refractivity contribution < 1.29 is 24.1 Å². The number of benzene rings is 4. The van der Waals surface area contributed by atoms with Crippen molar-refractivity contribution in [3.63, 3.8) is 0 Å². The highest BCUT2D eigenvalue weighted by Gasteiger charge is 2.22. The topological polar surface area (TPSA) is 139 Å². The van der Waals surface area contributed by atoms with Crippen LogP contribution in [0.3, 0.4) is 0 Å². The smallest absolute Gasteiger partial charge is 0.262 e. The molecule has 11 heteroatoms. The highest BCUT2D eigenvalue weighted by atomic mass is 35.5. The van der Waals surface area contributed by atoms with Gasteiger partial charge in [0.1, 0.15) is 11.3 Å². The van der Waals surface area contributed by atoms with Crippen LogP contribution in [0.15, 0.2) is 83.5 Å². The Kier molecular flexibility index (Phi) is 10.7. The van der Waals surface area contributed by atoms with Gasteiger partial charge in [-0.15, -0.1) is 0 Å². The van der Waals surface area contributed by atoms with Crippen LogP contribution in [0.1, 0.15) is 64.0 Å². The minimum Gasteiger partial charge on any atom is -0.392 e. The number of anilines is 2. The van der Waals surface area contributed by atoms with E-state index in [9.17, 15) is 19.5 Å². The number of aliphatic hydroxyl groups is 1. The number of carbonyl (C=O) groups is 3. The van der Waals surface area contributed by atoms with Gasteiger partial charge in [-0.25, -0.2) is 4.63 Å². The lowest BCUT2D eigenvalue weighted by molar-refractivity contribution is -0.120. The Morgan fingerprint density at radius 3 is 2.34 bits per heavy atom. The summed E-state index contributed by atoms with van der Waals surface area (Å²) in [4.78, 5) is 39.2. The second-order valence-corrected chi connectivity index (χ2v) is 12.9. The number of rotatable bonds is 14. The van der Waals surface area contributed by atoms with Crippen molar-refractivity contribution in [3.05, 3.63) is 117 Å². The van der Waals surface area contributed by atoms with Crippen LogP contribution < -0.4 is 10.6 Å². The fraction of sp³-hybridized carbons (Fsp3) is 0.256. The molecule has 6 rings (SSSR count). The molecule has 3 N–H and O–H groups in total. The number of amides is 1. The minimum absolute atomic E-state index is 0.0949. The Labute approximate surface area is 294 Å². The average Bonchev–Trinajstić information content (AvgIpc) is 3.72. The molecule has 0 fully saturated rings. The summed E-state index contributed by atoms with van der Waals surface area (Å²) in [6.07, 6.45) is 3.23. The molecule has 0 spiro atoms. The van der Waals surface area contributed by atoms with Gasteiger partial charge in [0.25, 0.3) is 5.91 Å². The van der Waals surface area contributed by atoms with Crippen molar-refractivity contribution >= 4 is 62.5 Å².